The van der Waals surface area contributed by atoms with Crippen LogP contribution in [-0.4, -0.2) is 15.5 Å². The van der Waals surface area contributed by atoms with Crippen molar-refractivity contribution >= 4 is 28.1 Å². The normalized spacial score (nSPS) is 10.7. The molecule has 1 amide bonds. The average molecular weight is 280 g/mol. The van der Waals surface area contributed by atoms with E-state index in [2.05, 4.69) is 10.3 Å². The predicted octanol–water partition coefficient (Wildman–Crippen LogP) is 2.89. The first kappa shape index (κ1) is 13.2. The largest absolute Gasteiger partial charge is 0.397 e. The van der Waals surface area contributed by atoms with Gasteiger partial charge in [0.25, 0.3) is 5.91 Å². The van der Waals surface area contributed by atoms with E-state index in [9.17, 15) is 4.79 Å². The molecule has 0 atom stereocenters. The van der Waals surface area contributed by atoms with E-state index in [1.54, 1.807) is 24.7 Å². The van der Waals surface area contributed by atoms with Gasteiger partial charge in [-0.1, -0.05) is 12.1 Å². The average Bonchev–Trinajstić information content (AvgIpc) is 2.89. The molecule has 106 valence electrons. The Hall–Kier alpha value is -2.82. The van der Waals surface area contributed by atoms with Crippen LogP contribution in [0.5, 0.6) is 0 Å². The fourth-order valence-corrected chi connectivity index (χ4v) is 2.40. The molecule has 0 spiro atoms. The van der Waals surface area contributed by atoms with E-state index >= 15 is 0 Å². The van der Waals surface area contributed by atoms with Crippen molar-refractivity contribution < 1.29 is 4.79 Å². The van der Waals surface area contributed by atoms with Crippen LogP contribution in [0.2, 0.25) is 0 Å². The third-order valence-electron chi connectivity index (χ3n) is 3.42. The van der Waals surface area contributed by atoms with Crippen LogP contribution in [0.1, 0.15) is 17.4 Å². The molecule has 0 fully saturated rings. The Morgan fingerprint density at radius 3 is 3.05 bits per heavy atom. The van der Waals surface area contributed by atoms with Crippen LogP contribution in [0.15, 0.2) is 48.9 Å². The molecule has 0 radical (unpaired) electrons. The van der Waals surface area contributed by atoms with Gasteiger partial charge in [0.05, 0.1) is 5.69 Å². The summed E-state index contributed by atoms with van der Waals surface area (Å²) in [6.07, 6.45) is 5.25. The second-order valence-corrected chi connectivity index (χ2v) is 4.80. The van der Waals surface area contributed by atoms with Crippen LogP contribution >= 0.6 is 0 Å². The van der Waals surface area contributed by atoms with Gasteiger partial charge in [0.15, 0.2) is 0 Å². The van der Waals surface area contributed by atoms with Crippen LogP contribution in [0.3, 0.4) is 0 Å². The number of carbonyl (C=O) groups excluding carboxylic acids is 1. The molecule has 0 aliphatic carbocycles. The van der Waals surface area contributed by atoms with Crippen LogP contribution in [0.4, 0.5) is 11.4 Å². The summed E-state index contributed by atoms with van der Waals surface area (Å²) in [5.41, 5.74) is 7.68. The summed E-state index contributed by atoms with van der Waals surface area (Å²) < 4.78 is 1.83. The maximum Gasteiger partial charge on any atom is 0.272 e. The predicted molar refractivity (Wildman–Crippen MR) is 84.2 cm³/mol. The van der Waals surface area contributed by atoms with Crippen LogP contribution < -0.4 is 11.1 Å². The Labute approximate surface area is 122 Å². The Morgan fingerprint density at radius 1 is 1.38 bits per heavy atom. The summed E-state index contributed by atoms with van der Waals surface area (Å²) in [4.78, 5) is 16.5. The number of aromatic nitrogens is 2. The molecule has 0 saturated carbocycles. The number of fused-ring (bicyclic) bond motifs is 1. The van der Waals surface area contributed by atoms with Gasteiger partial charge in [-0.05, 0) is 25.1 Å². The summed E-state index contributed by atoms with van der Waals surface area (Å²) in [5.74, 6) is -0.169. The Bertz CT molecular complexity index is 802. The highest BCUT2D eigenvalue weighted by atomic mass is 16.1. The minimum Gasteiger partial charge on any atom is -0.397 e. The highest BCUT2D eigenvalue weighted by Crippen LogP contribution is 2.23. The van der Waals surface area contributed by atoms with E-state index < -0.39 is 0 Å². The summed E-state index contributed by atoms with van der Waals surface area (Å²) in [6, 6.07) is 9.31. The molecule has 3 rings (SSSR count). The number of nitrogens with two attached hydrogens (primary N) is 1. The second-order valence-electron chi connectivity index (χ2n) is 4.80. The molecule has 3 N–H and O–H groups in total. The van der Waals surface area contributed by atoms with E-state index in [1.807, 2.05) is 35.8 Å². The lowest BCUT2D eigenvalue weighted by molar-refractivity contribution is 0.101. The minimum atomic E-state index is -0.169. The summed E-state index contributed by atoms with van der Waals surface area (Å²) in [5, 5.41) is 4.89. The maximum atomic E-state index is 12.4. The smallest absolute Gasteiger partial charge is 0.272 e. The quantitative estimate of drug-likeness (QED) is 0.774. The van der Waals surface area contributed by atoms with Gasteiger partial charge < -0.3 is 15.6 Å². The first-order chi connectivity index (χ1) is 10.2. The summed E-state index contributed by atoms with van der Waals surface area (Å²) >= 11 is 0. The lowest BCUT2D eigenvalue weighted by Gasteiger charge is -2.10. The number of nitrogens with one attached hydrogen (secondary N) is 1. The van der Waals surface area contributed by atoms with Gasteiger partial charge in [-0.25, -0.2) is 0 Å². The molecule has 3 aromatic rings. The fourth-order valence-electron chi connectivity index (χ4n) is 2.40. The third kappa shape index (κ3) is 2.45. The number of amides is 1. The Kier molecular flexibility index (Phi) is 3.31. The van der Waals surface area contributed by atoms with E-state index in [-0.39, 0.29) is 5.91 Å². The number of hydrogen-bond donors (Lipinski definition) is 2. The van der Waals surface area contributed by atoms with Crippen LogP contribution in [0, 0.1) is 0 Å². The van der Waals surface area contributed by atoms with Gasteiger partial charge in [0, 0.05) is 41.6 Å². The van der Waals surface area contributed by atoms with Gasteiger partial charge in [0.2, 0.25) is 0 Å². The highest BCUT2D eigenvalue weighted by molar-refractivity contribution is 6.08. The topological polar surface area (TPSA) is 72.9 Å². The van der Waals surface area contributed by atoms with Crippen LogP contribution in [0.25, 0.3) is 10.8 Å². The lowest BCUT2D eigenvalue weighted by atomic mass is 10.1. The monoisotopic (exact) mass is 280 g/mol. The second kappa shape index (κ2) is 5.28. The van der Waals surface area contributed by atoms with E-state index in [4.69, 9.17) is 5.73 Å². The zero-order chi connectivity index (χ0) is 14.8. The summed E-state index contributed by atoms with van der Waals surface area (Å²) in [7, 11) is 0. The molecule has 0 bridgehead atoms. The van der Waals surface area contributed by atoms with Crippen molar-refractivity contribution in [2.45, 2.75) is 13.5 Å². The number of benzene rings is 1. The SMILES string of the molecule is CCn1cc(N)cc1C(=O)Nc1cccc2cnccc12. The van der Waals surface area contributed by atoms with Gasteiger partial charge in [-0.3, -0.25) is 9.78 Å². The number of nitrogens with zero attached hydrogens (tertiary/aromatic N) is 2. The highest BCUT2D eigenvalue weighted by Gasteiger charge is 2.13. The number of carbonyl (C=O) groups is 1. The Morgan fingerprint density at radius 2 is 2.24 bits per heavy atom. The molecular weight excluding hydrogens is 264 g/mol. The minimum absolute atomic E-state index is 0.169. The Balaban J connectivity index is 1.96. The third-order valence-corrected chi connectivity index (χ3v) is 3.42. The molecule has 0 unspecified atom stereocenters. The fraction of sp³-hybridized carbons (Fsp3) is 0.125. The van der Waals surface area contributed by atoms with Crippen LogP contribution in [-0.2, 0) is 6.54 Å². The van der Waals surface area contributed by atoms with E-state index in [0.717, 1.165) is 16.5 Å². The number of anilines is 2. The van der Waals surface area contributed by atoms with Crippen molar-refractivity contribution in [2.75, 3.05) is 11.1 Å². The number of aryl methyl sites for hydroxylation is 1. The molecule has 1 aromatic carbocycles. The van der Waals surface area contributed by atoms with Gasteiger partial charge in [0.1, 0.15) is 5.69 Å². The first-order valence-electron chi connectivity index (χ1n) is 6.79. The molecular formula is C16H16N4O. The molecule has 0 saturated heterocycles. The number of pyridine rings is 1. The number of hydrogen-bond acceptors (Lipinski definition) is 3. The molecule has 5 heteroatoms. The summed E-state index contributed by atoms with van der Waals surface area (Å²) in [6.45, 7) is 2.67. The lowest BCUT2D eigenvalue weighted by Crippen LogP contribution is -2.16. The zero-order valence-corrected chi connectivity index (χ0v) is 11.7. The molecule has 2 aromatic heterocycles. The zero-order valence-electron chi connectivity index (χ0n) is 11.7. The van der Waals surface area contributed by atoms with Crippen molar-refractivity contribution in [2.24, 2.45) is 0 Å². The first-order valence-corrected chi connectivity index (χ1v) is 6.79. The van der Waals surface area contributed by atoms with Gasteiger partial charge in [-0.2, -0.15) is 0 Å². The molecule has 2 heterocycles. The van der Waals surface area contributed by atoms with Crippen molar-refractivity contribution in [3.05, 3.63) is 54.6 Å². The van der Waals surface area contributed by atoms with Crippen molar-refractivity contribution in [3.63, 3.8) is 0 Å². The van der Waals surface area contributed by atoms with Crippen molar-refractivity contribution in [1.29, 1.82) is 0 Å². The van der Waals surface area contributed by atoms with Crippen molar-refractivity contribution in [3.8, 4) is 0 Å². The van der Waals surface area contributed by atoms with Gasteiger partial charge >= 0.3 is 0 Å². The molecule has 5 nitrogen and oxygen atoms in total. The molecule has 21 heavy (non-hydrogen) atoms. The van der Waals surface area contributed by atoms with E-state index in [1.165, 1.54) is 0 Å². The number of nitrogen functional groups attached to an aromatic ring is 1. The molecule has 0 aliphatic heterocycles. The maximum absolute atomic E-state index is 12.4. The van der Waals surface area contributed by atoms with Crippen molar-refractivity contribution in [1.82, 2.24) is 9.55 Å². The standard InChI is InChI=1S/C16H16N4O/c1-2-20-10-12(17)8-15(20)16(21)19-14-5-3-4-11-9-18-7-6-13(11)14/h3-10H,2,17H2,1H3,(H,19,21). The molecule has 0 aliphatic rings. The number of rotatable bonds is 3. The van der Waals surface area contributed by atoms with Gasteiger partial charge in [-0.15, -0.1) is 0 Å². The van der Waals surface area contributed by atoms with E-state index in [0.29, 0.717) is 17.9 Å².